The molecule has 1 rings (SSSR count). The molecule has 0 spiro atoms. The minimum absolute atomic E-state index is 0.0692. The van der Waals surface area contributed by atoms with E-state index in [1.165, 1.54) is 12.1 Å². The Hall–Kier alpha value is -1.97. The van der Waals surface area contributed by atoms with Crippen molar-refractivity contribution in [3.63, 3.8) is 0 Å². The van der Waals surface area contributed by atoms with Crippen molar-refractivity contribution in [1.29, 1.82) is 0 Å². The average molecular weight is 388 g/mol. The smallest absolute Gasteiger partial charge is 0.303 e. The van der Waals surface area contributed by atoms with Crippen molar-refractivity contribution in [2.75, 3.05) is 34.2 Å². The van der Waals surface area contributed by atoms with E-state index in [4.69, 9.17) is 5.11 Å². The molecule has 26 heavy (non-hydrogen) atoms. The van der Waals surface area contributed by atoms with E-state index in [2.05, 4.69) is 26.5 Å². The van der Waals surface area contributed by atoms with Gasteiger partial charge in [-0.15, -0.1) is 0 Å². The van der Waals surface area contributed by atoms with Gasteiger partial charge in [0.05, 0.1) is 39.0 Å². The highest BCUT2D eigenvalue weighted by atomic mass is 32.2. The molecular formula is C17H28N2O6S. The van der Waals surface area contributed by atoms with Gasteiger partial charge in [-0.05, 0) is 19.1 Å². The standard InChI is InChI=1S/C10H20N2O3.C7H8O3S/c1-12(2,3)8-4-7-11-9(13)5-6-10(14)15;1-6-2-4-7(5-3-6)11(8,9)10/h4-8H2,1-3H3,(H-,11,13,14,15);2-5H,1H3,(H,8,9,10). The lowest BCUT2D eigenvalue weighted by Crippen LogP contribution is -2.37. The van der Waals surface area contributed by atoms with Gasteiger partial charge in [0, 0.05) is 19.4 Å². The minimum Gasteiger partial charge on any atom is -0.744 e. The summed E-state index contributed by atoms with van der Waals surface area (Å²) >= 11 is 0. The maximum absolute atomic E-state index is 11.1. The van der Waals surface area contributed by atoms with Crippen LogP contribution in [0.2, 0.25) is 0 Å². The van der Waals surface area contributed by atoms with Crippen LogP contribution in [-0.2, 0) is 19.7 Å². The van der Waals surface area contributed by atoms with Crippen LogP contribution < -0.4 is 5.32 Å². The van der Waals surface area contributed by atoms with Crippen molar-refractivity contribution in [3.8, 4) is 0 Å². The zero-order valence-corrected chi connectivity index (χ0v) is 16.5. The Morgan fingerprint density at radius 1 is 1.12 bits per heavy atom. The van der Waals surface area contributed by atoms with Crippen LogP contribution in [0.4, 0.5) is 0 Å². The maximum atomic E-state index is 11.1. The number of carboxylic acid groups (broad SMARTS) is 1. The highest BCUT2D eigenvalue weighted by molar-refractivity contribution is 7.85. The fourth-order valence-corrected chi connectivity index (χ4v) is 2.26. The normalized spacial score (nSPS) is 11.3. The number of carbonyl (C=O) groups excluding carboxylic acids is 1. The van der Waals surface area contributed by atoms with Crippen LogP contribution in [0, 0.1) is 6.92 Å². The number of aryl methyl sites for hydroxylation is 1. The fraction of sp³-hybridized carbons (Fsp3) is 0.529. The van der Waals surface area contributed by atoms with Crippen LogP contribution in [0.5, 0.6) is 0 Å². The molecule has 0 fully saturated rings. The molecule has 0 saturated carbocycles. The molecule has 0 aliphatic heterocycles. The molecule has 0 radical (unpaired) electrons. The molecule has 0 aliphatic carbocycles. The third kappa shape index (κ3) is 13.3. The maximum Gasteiger partial charge on any atom is 0.303 e. The zero-order chi connectivity index (χ0) is 20.4. The molecule has 1 aromatic rings. The number of aliphatic carboxylic acids is 1. The summed E-state index contributed by atoms with van der Waals surface area (Å²) in [6.07, 6.45) is 0.878. The van der Waals surface area contributed by atoms with E-state index in [0.717, 1.165) is 23.0 Å². The van der Waals surface area contributed by atoms with E-state index in [1.807, 2.05) is 6.92 Å². The number of amides is 1. The Morgan fingerprint density at radius 2 is 1.65 bits per heavy atom. The first-order valence-corrected chi connectivity index (χ1v) is 9.53. The van der Waals surface area contributed by atoms with Gasteiger partial charge in [0.2, 0.25) is 5.91 Å². The van der Waals surface area contributed by atoms with Crippen LogP contribution in [0.3, 0.4) is 0 Å². The SMILES string of the molecule is C[N+](C)(C)CCCNC(=O)CCC(=O)O.Cc1ccc(S(=O)(=O)[O-])cc1. The summed E-state index contributed by atoms with van der Waals surface area (Å²) in [4.78, 5) is 21.1. The molecule has 1 amide bonds. The van der Waals surface area contributed by atoms with Crippen molar-refractivity contribution >= 4 is 22.0 Å². The lowest BCUT2D eigenvalue weighted by Gasteiger charge is -2.23. The monoisotopic (exact) mass is 388 g/mol. The Bertz CT molecular complexity index is 678. The van der Waals surface area contributed by atoms with E-state index in [1.54, 1.807) is 12.1 Å². The summed E-state index contributed by atoms with van der Waals surface area (Å²) < 4.78 is 32.0. The summed E-state index contributed by atoms with van der Waals surface area (Å²) in [7, 11) is 2.00. The number of benzene rings is 1. The first-order valence-electron chi connectivity index (χ1n) is 8.13. The lowest BCUT2D eigenvalue weighted by molar-refractivity contribution is -0.870. The molecule has 0 bridgehead atoms. The van der Waals surface area contributed by atoms with Crippen LogP contribution >= 0.6 is 0 Å². The highest BCUT2D eigenvalue weighted by Crippen LogP contribution is 2.08. The summed E-state index contributed by atoms with van der Waals surface area (Å²) in [5, 5.41) is 11.1. The van der Waals surface area contributed by atoms with Crippen molar-refractivity contribution < 1.29 is 32.1 Å². The second-order valence-electron chi connectivity index (χ2n) is 6.88. The predicted molar refractivity (Wildman–Crippen MR) is 96.5 cm³/mol. The number of carbonyl (C=O) groups is 2. The Labute approximate surface area is 155 Å². The number of nitrogens with zero attached hydrogens (tertiary/aromatic N) is 1. The minimum atomic E-state index is -4.27. The topological polar surface area (TPSA) is 124 Å². The van der Waals surface area contributed by atoms with E-state index in [9.17, 15) is 22.6 Å². The average Bonchev–Trinajstić information content (AvgIpc) is 2.49. The summed E-state index contributed by atoms with van der Waals surface area (Å²) in [6.45, 7) is 3.42. The largest absolute Gasteiger partial charge is 0.744 e. The summed E-state index contributed by atoms with van der Waals surface area (Å²) in [6, 6.07) is 5.78. The molecular weight excluding hydrogens is 360 g/mol. The van der Waals surface area contributed by atoms with Crippen LogP contribution in [-0.4, -0.2) is 68.7 Å². The number of hydrogen-bond donors (Lipinski definition) is 2. The molecule has 0 saturated heterocycles. The number of quaternary nitrogens is 1. The first kappa shape index (κ1) is 24.0. The van der Waals surface area contributed by atoms with Crippen LogP contribution in [0.25, 0.3) is 0 Å². The molecule has 8 nitrogen and oxygen atoms in total. The lowest BCUT2D eigenvalue weighted by atomic mass is 10.2. The Morgan fingerprint density at radius 3 is 2.08 bits per heavy atom. The molecule has 9 heteroatoms. The predicted octanol–water partition coefficient (Wildman–Crippen LogP) is 0.963. The van der Waals surface area contributed by atoms with Gasteiger partial charge < -0.3 is 19.5 Å². The zero-order valence-electron chi connectivity index (χ0n) is 15.7. The third-order valence-corrected chi connectivity index (χ3v) is 4.05. The van der Waals surface area contributed by atoms with Gasteiger partial charge in [-0.1, -0.05) is 17.7 Å². The van der Waals surface area contributed by atoms with Gasteiger partial charge in [0.1, 0.15) is 10.1 Å². The summed E-state index contributed by atoms with van der Waals surface area (Å²) in [5.74, 6) is -1.12. The molecule has 2 N–H and O–H groups in total. The summed E-state index contributed by atoms with van der Waals surface area (Å²) in [5.41, 5.74) is 0.928. The Kier molecular flexibility index (Phi) is 10.1. The number of carboxylic acids is 1. The molecule has 0 atom stereocenters. The van der Waals surface area contributed by atoms with Crippen molar-refractivity contribution in [2.24, 2.45) is 0 Å². The number of hydrogen-bond acceptors (Lipinski definition) is 5. The van der Waals surface area contributed by atoms with Crippen LogP contribution in [0.15, 0.2) is 29.2 Å². The quantitative estimate of drug-likeness (QED) is 0.388. The van der Waals surface area contributed by atoms with E-state index in [-0.39, 0.29) is 23.6 Å². The molecule has 0 heterocycles. The number of rotatable bonds is 8. The first-order chi connectivity index (χ1) is 11.8. The second kappa shape index (κ2) is 10.9. The van der Waals surface area contributed by atoms with Crippen molar-refractivity contribution in [2.45, 2.75) is 31.1 Å². The molecule has 0 unspecified atom stereocenters. The molecule has 148 valence electrons. The Balaban J connectivity index is 0.000000502. The van der Waals surface area contributed by atoms with E-state index >= 15 is 0 Å². The second-order valence-corrected chi connectivity index (χ2v) is 8.26. The van der Waals surface area contributed by atoms with Gasteiger partial charge in [-0.25, -0.2) is 8.42 Å². The molecule has 0 aliphatic rings. The van der Waals surface area contributed by atoms with Gasteiger partial charge in [-0.2, -0.15) is 0 Å². The highest BCUT2D eigenvalue weighted by Gasteiger charge is 2.07. The molecule has 1 aromatic carbocycles. The van der Waals surface area contributed by atoms with Crippen LogP contribution in [0.1, 0.15) is 24.8 Å². The third-order valence-electron chi connectivity index (χ3n) is 3.20. The van der Waals surface area contributed by atoms with Gasteiger partial charge in [0.15, 0.2) is 0 Å². The van der Waals surface area contributed by atoms with Gasteiger partial charge >= 0.3 is 5.97 Å². The van der Waals surface area contributed by atoms with E-state index < -0.39 is 16.1 Å². The van der Waals surface area contributed by atoms with E-state index in [0.29, 0.717) is 6.54 Å². The van der Waals surface area contributed by atoms with Gasteiger partial charge in [0.25, 0.3) is 0 Å². The molecule has 0 aromatic heterocycles. The number of nitrogens with one attached hydrogen (secondary N) is 1. The fourth-order valence-electron chi connectivity index (χ4n) is 1.79. The van der Waals surface area contributed by atoms with Gasteiger partial charge in [-0.3, -0.25) is 9.59 Å². The van der Waals surface area contributed by atoms with Crippen molar-refractivity contribution in [3.05, 3.63) is 29.8 Å². The van der Waals surface area contributed by atoms with Crippen molar-refractivity contribution in [1.82, 2.24) is 5.32 Å².